The highest BCUT2D eigenvalue weighted by atomic mass is 16.6. The average Bonchev–Trinajstić information content (AvgIpc) is 3.04. The van der Waals surface area contributed by atoms with E-state index < -0.39 is 5.60 Å². The summed E-state index contributed by atoms with van der Waals surface area (Å²) in [5.41, 5.74) is 0.416. The van der Waals surface area contributed by atoms with Crippen molar-refractivity contribution in [2.45, 2.75) is 64.4 Å². The van der Waals surface area contributed by atoms with Crippen LogP contribution in [0.1, 0.15) is 64.4 Å². The van der Waals surface area contributed by atoms with Gasteiger partial charge in [-0.15, -0.1) is 0 Å². The zero-order valence-electron chi connectivity index (χ0n) is 21.3. The van der Waals surface area contributed by atoms with Gasteiger partial charge in [-0.1, -0.05) is 6.07 Å². The largest absolute Gasteiger partial charge is 0.444 e. The molecule has 3 aliphatic heterocycles. The molecule has 0 aliphatic carbocycles. The van der Waals surface area contributed by atoms with Crippen molar-refractivity contribution >= 4 is 23.7 Å². The third kappa shape index (κ3) is 6.93. The molecule has 0 radical (unpaired) electrons. The van der Waals surface area contributed by atoms with Crippen molar-refractivity contribution in [2.24, 2.45) is 5.92 Å². The first kappa shape index (κ1) is 25.4. The van der Waals surface area contributed by atoms with Gasteiger partial charge < -0.3 is 19.4 Å². The van der Waals surface area contributed by atoms with Crippen LogP contribution in [0.15, 0.2) is 18.3 Å². The van der Waals surface area contributed by atoms with E-state index in [0.29, 0.717) is 18.8 Å². The van der Waals surface area contributed by atoms with Gasteiger partial charge in [0, 0.05) is 51.9 Å². The number of imide groups is 1. The Morgan fingerprint density at radius 3 is 2.49 bits per heavy atom. The maximum Gasteiger partial charge on any atom is 0.410 e. The lowest BCUT2D eigenvalue weighted by atomic mass is 9.92. The van der Waals surface area contributed by atoms with Crippen LogP contribution in [-0.4, -0.2) is 84.1 Å². The minimum atomic E-state index is -0.452. The lowest BCUT2D eigenvalue weighted by molar-refractivity contribution is -0.134. The van der Waals surface area contributed by atoms with Gasteiger partial charge in [0.05, 0.1) is 5.92 Å². The first-order valence-corrected chi connectivity index (χ1v) is 12.9. The van der Waals surface area contributed by atoms with Crippen molar-refractivity contribution in [3.8, 4) is 0 Å². The predicted molar refractivity (Wildman–Crippen MR) is 133 cm³/mol. The highest BCUT2D eigenvalue weighted by Crippen LogP contribution is 2.26. The zero-order valence-corrected chi connectivity index (χ0v) is 21.3. The number of anilines is 1. The molecular weight excluding hydrogens is 446 g/mol. The molecule has 3 amide bonds. The van der Waals surface area contributed by atoms with Crippen molar-refractivity contribution in [1.82, 2.24) is 20.1 Å². The summed E-state index contributed by atoms with van der Waals surface area (Å²) < 4.78 is 5.52. The number of amides is 3. The molecule has 1 atom stereocenters. The molecule has 4 heterocycles. The second-order valence-electron chi connectivity index (χ2n) is 11.0. The molecule has 9 nitrogen and oxygen atoms in total. The van der Waals surface area contributed by atoms with Crippen LogP contribution in [0.3, 0.4) is 0 Å². The van der Waals surface area contributed by atoms with Gasteiger partial charge in [-0.3, -0.25) is 14.9 Å². The maximum atomic E-state index is 12.3. The van der Waals surface area contributed by atoms with Gasteiger partial charge >= 0.3 is 6.09 Å². The number of nitrogens with zero attached hydrogens (tertiary/aromatic N) is 4. The summed E-state index contributed by atoms with van der Waals surface area (Å²) in [6.07, 6.45) is 5.62. The zero-order chi connectivity index (χ0) is 25.0. The van der Waals surface area contributed by atoms with Crippen molar-refractivity contribution in [2.75, 3.05) is 50.7 Å². The molecule has 1 N–H and O–H groups in total. The van der Waals surface area contributed by atoms with Gasteiger partial charge in [0.25, 0.3) is 0 Å². The molecule has 3 aliphatic rings. The van der Waals surface area contributed by atoms with Crippen LogP contribution in [-0.2, 0) is 14.3 Å². The summed E-state index contributed by atoms with van der Waals surface area (Å²) in [5.74, 6) is 0.826. The number of rotatable bonds is 4. The van der Waals surface area contributed by atoms with Crippen LogP contribution in [0.4, 0.5) is 10.6 Å². The molecule has 4 rings (SSSR count). The maximum absolute atomic E-state index is 12.3. The van der Waals surface area contributed by atoms with Crippen LogP contribution in [0.2, 0.25) is 0 Å². The highest BCUT2D eigenvalue weighted by Gasteiger charge is 2.30. The summed E-state index contributed by atoms with van der Waals surface area (Å²) in [7, 11) is 0. The summed E-state index contributed by atoms with van der Waals surface area (Å²) in [4.78, 5) is 47.2. The number of carbonyl (C=O) groups excluding carboxylic acids is 3. The van der Waals surface area contributed by atoms with E-state index in [4.69, 9.17) is 4.74 Å². The minimum absolute atomic E-state index is 0.196. The van der Waals surface area contributed by atoms with E-state index in [1.54, 1.807) is 6.20 Å². The number of nitrogens with one attached hydrogen (secondary N) is 1. The van der Waals surface area contributed by atoms with Gasteiger partial charge in [-0.25, -0.2) is 9.78 Å². The number of ether oxygens (including phenoxy) is 1. The summed E-state index contributed by atoms with van der Waals surface area (Å²) in [5, 5.41) is 2.42. The Kier molecular flexibility index (Phi) is 7.94. The van der Waals surface area contributed by atoms with Gasteiger partial charge in [-0.2, -0.15) is 0 Å². The number of likely N-dealkylation sites (tertiary alicyclic amines) is 1. The second kappa shape index (κ2) is 10.9. The summed E-state index contributed by atoms with van der Waals surface area (Å²) in [6, 6.07) is 3.98. The number of carbonyl (C=O) groups is 3. The SMILES string of the molecule is CC(C)(C)OC(=O)N1CCC(CN2CCCN(c3ccc([C@H]4CCC(=O)NC4=O)cn3)CC2)CC1. The molecule has 9 heteroatoms. The lowest BCUT2D eigenvalue weighted by Gasteiger charge is -2.35. The van der Waals surface area contributed by atoms with E-state index in [0.717, 1.165) is 76.5 Å². The van der Waals surface area contributed by atoms with E-state index in [2.05, 4.69) is 20.1 Å². The van der Waals surface area contributed by atoms with Crippen LogP contribution in [0.25, 0.3) is 0 Å². The van der Waals surface area contributed by atoms with Crippen LogP contribution in [0.5, 0.6) is 0 Å². The van der Waals surface area contributed by atoms with Gasteiger partial charge in [-0.05, 0) is 70.5 Å². The van der Waals surface area contributed by atoms with Crippen molar-refractivity contribution in [3.05, 3.63) is 23.9 Å². The van der Waals surface area contributed by atoms with Crippen molar-refractivity contribution in [3.63, 3.8) is 0 Å². The number of piperidine rings is 2. The first-order valence-electron chi connectivity index (χ1n) is 12.9. The Hall–Kier alpha value is -2.68. The Bertz CT molecular complexity index is 905. The molecule has 1 aromatic rings. The Labute approximate surface area is 208 Å². The topological polar surface area (TPSA) is 95.1 Å². The third-order valence-corrected chi connectivity index (χ3v) is 7.11. The number of pyridine rings is 1. The fourth-order valence-corrected chi connectivity index (χ4v) is 5.17. The Balaban J connectivity index is 1.23. The molecule has 1 aromatic heterocycles. The molecular formula is C26H39N5O4. The van der Waals surface area contributed by atoms with E-state index in [1.807, 2.05) is 37.8 Å². The number of hydrogen-bond donors (Lipinski definition) is 1. The molecule has 3 fully saturated rings. The third-order valence-electron chi connectivity index (χ3n) is 7.11. The molecule has 0 bridgehead atoms. The lowest BCUT2D eigenvalue weighted by Crippen LogP contribution is -2.44. The standard InChI is InChI=1S/C26H39N5O4/c1-26(2,3)35-25(34)31-13-9-19(10-14-31)18-29-11-4-12-30(16-15-29)22-7-5-20(17-27-22)21-6-8-23(32)28-24(21)33/h5,7,17,19,21H,4,6,8-16,18H2,1-3H3,(H,28,32,33)/t21-/m1/s1. The van der Waals surface area contributed by atoms with Crippen molar-refractivity contribution < 1.29 is 19.1 Å². The summed E-state index contributed by atoms with van der Waals surface area (Å²) >= 11 is 0. The molecule has 192 valence electrons. The molecule has 0 saturated carbocycles. The first-order chi connectivity index (χ1) is 16.7. The Morgan fingerprint density at radius 2 is 1.83 bits per heavy atom. The molecule has 35 heavy (non-hydrogen) atoms. The van der Waals surface area contributed by atoms with E-state index in [1.165, 1.54) is 0 Å². The van der Waals surface area contributed by atoms with Crippen LogP contribution >= 0.6 is 0 Å². The van der Waals surface area contributed by atoms with Crippen LogP contribution in [0, 0.1) is 5.92 Å². The quantitative estimate of drug-likeness (QED) is 0.655. The molecule has 0 aromatic carbocycles. The van der Waals surface area contributed by atoms with E-state index >= 15 is 0 Å². The van der Waals surface area contributed by atoms with Gasteiger partial charge in [0.15, 0.2) is 0 Å². The highest BCUT2D eigenvalue weighted by molar-refractivity contribution is 6.00. The number of hydrogen-bond acceptors (Lipinski definition) is 7. The predicted octanol–water partition coefficient (Wildman–Crippen LogP) is 2.76. The normalized spacial score (nSPS) is 23.1. The smallest absolute Gasteiger partial charge is 0.410 e. The average molecular weight is 486 g/mol. The fraction of sp³-hybridized carbons (Fsp3) is 0.692. The second-order valence-corrected chi connectivity index (χ2v) is 11.0. The van der Waals surface area contributed by atoms with E-state index in [9.17, 15) is 14.4 Å². The van der Waals surface area contributed by atoms with Crippen LogP contribution < -0.4 is 10.2 Å². The molecule has 0 unspecified atom stereocenters. The van der Waals surface area contributed by atoms with Gasteiger partial charge in [0.1, 0.15) is 11.4 Å². The monoisotopic (exact) mass is 485 g/mol. The van der Waals surface area contributed by atoms with E-state index in [-0.39, 0.29) is 23.8 Å². The minimum Gasteiger partial charge on any atom is -0.444 e. The fourth-order valence-electron chi connectivity index (χ4n) is 5.17. The summed E-state index contributed by atoms with van der Waals surface area (Å²) in [6.45, 7) is 12.2. The van der Waals surface area contributed by atoms with Gasteiger partial charge in [0.2, 0.25) is 11.8 Å². The Morgan fingerprint density at radius 1 is 1.06 bits per heavy atom. The number of aromatic nitrogens is 1. The molecule has 0 spiro atoms. The molecule has 3 saturated heterocycles. The van der Waals surface area contributed by atoms with Crippen molar-refractivity contribution in [1.29, 1.82) is 0 Å².